The quantitative estimate of drug-likeness (QED) is 0.849. The molecule has 1 aliphatic rings. The molecule has 0 unspecified atom stereocenters. The molecule has 2 aromatic rings. The zero-order valence-corrected chi connectivity index (χ0v) is 12.5. The van der Waals surface area contributed by atoms with Gasteiger partial charge in [0.2, 0.25) is 0 Å². The molecule has 1 aromatic heterocycles. The molecule has 0 saturated carbocycles. The molecule has 2 amide bonds. The Bertz CT molecular complexity index is 758. The number of fused-ring (bicyclic) bond motifs is 1. The molecular weight excluding hydrogens is 320 g/mol. The van der Waals surface area contributed by atoms with Crippen LogP contribution in [0.4, 0.5) is 0 Å². The van der Waals surface area contributed by atoms with Gasteiger partial charge in [-0.2, -0.15) is 0 Å². The fraction of sp³-hybridized carbons (Fsp3) is 0.200. The second-order valence-corrected chi connectivity index (χ2v) is 5.54. The van der Waals surface area contributed by atoms with Crippen LogP contribution in [0, 0.1) is 0 Å². The predicted octanol–water partition coefficient (Wildman–Crippen LogP) is 2.88. The maximum Gasteiger partial charge on any atom is 0.265 e. The monoisotopic (exact) mass is 332 g/mol. The van der Waals surface area contributed by atoms with Crippen molar-refractivity contribution in [1.29, 1.82) is 0 Å². The molecule has 0 fully saturated rings. The molecule has 4 nitrogen and oxygen atoms in total. The second kappa shape index (κ2) is 4.90. The Morgan fingerprint density at radius 2 is 1.90 bits per heavy atom. The van der Waals surface area contributed by atoms with Crippen LogP contribution in [0.25, 0.3) is 16.5 Å². The van der Waals surface area contributed by atoms with E-state index >= 15 is 0 Å². The molecule has 2 heterocycles. The highest BCUT2D eigenvalue weighted by Gasteiger charge is 2.32. The van der Waals surface area contributed by atoms with E-state index in [0.29, 0.717) is 10.1 Å². The van der Waals surface area contributed by atoms with Crippen molar-refractivity contribution in [2.75, 3.05) is 0 Å². The number of H-pyrrole nitrogens is 1. The van der Waals surface area contributed by atoms with Gasteiger partial charge in [-0.3, -0.25) is 14.9 Å². The number of hydrogen-bond donors (Lipinski definition) is 2. The molecule has 0 spiro atoms. The molecular formula is C15H13BrN2O2. The number of imide groups is 1. The number of carbonyl (C=O) groups is 2. The van der Waals surface area contributed by atoms with E-state index in [1.54, 1.807) is 0 Å². The van der Waals surface area contributed by atoms with Crippen molar-refractivity contribution in [1.82, 2.24) is 10.3 Å². The summed E-state index contributed by atoms with van der Waals surface area (Å²) >= 11 is 3.24. The predicted molar refractivity (Wildman–Crippen MR) is 81.3 cm³/mol. The summed E-state index contributed by atoms with van der Waals surface area (Å²) in [6.07, 6.45) is 1.79. The van der Waals surface area contributed by atoms with Crippen molar-refractivity contribution in [3.05, 3.63) is 40.0 Å². The largest absolute Gasteiger partial charge is 0.358 e. The Hall–Kier alpha value is -1.88. The van der Waals surface area contributed by atoms with Gasteiger partial charge in [0.25, 0.3) is 11.8 Å². The van der Waals surface area contributed by atoms with Crippen molar-refractivity contribution >= 4 is 44.2 Å². The number of hydrogen-bond acceptors (Lipinski definition) is 2. The van der Waals surface area contributed by atoms with E-state index in [-0.39, 0.29) is 11.8 Å². The number of carbonyl (C=O) groups excluding carboxylic acids is 2. The van der Waals surface area contributed by atoms with Crippen LogP contribution in [0.15, 0.2) is 28.7 Å². The van der Waals surface area contributed by atoms with Gasteiger partial charge in [-0.05, 0) is 28.4 Å². The topological polar surface area (TPSA) is 62.0 Å². The number of amides is 2. The first-order chi connectivity index (χ1) is 9.63. The highest BCUT2D eigenvalue weighted by Crippen LogP contribution is 2.35. The van der Waals surface area contributed by atoms with Crippen molar-refractivity contribution < 1.29 is 9.59 Å². The number of rotatable bonds is 3. The van der Waals surface area contributed by atoms with Crippen LogP contribution in [-0.2, 0) is 16.0 Å². The summed E-state index contributed by atoms with van der Waals surface area (Å²) in [5.41, 5.74) is 3.23. The van der Waals surface area contributed by atoms with Gasteiger partial charge in [0.15, 0.2) is 0 Å². The summed E-state index contributed by atoms with van der Waals surface area (Å²) in [5, 5.41) is 3.29. The molecule has 2 N–H and O–H groups in total. The first-order valence-electron chi connectivity index (χ1n) is 6.49. The molecule has 1 aromatic carbocycles. The third-order valence-electron chi connectivity index (χ3n) is 3.41. The van der Waals surface area contributed by atoms with Gasteiger partial charge in [0, 0.05) is 22.2 Å². The Morgan fingerprint density at radius 1 is 1.15 bits per heavy atom. The lowest BCUT2D eigenvalue weighted by Crippen LogP contribution is -2.22. The van der Waals surface area contributed by atoms with E-state index < -0.39 is 0 Å². The van der Waals surface area contributed by atoms with Crippen LogP contribution in [0.5, 0.6) is 0 Å². The van der Waals surface area contributed by atoms with Crippen molar-refractivity contribution in [3.8, 4) is 0 Å². The molecule has 1 aliphatic heterocycles. The number of para-hydroxylation sites is 1. The van der Waals surface area contributed by atoms with E-state index in [1.165, 1.54) is 0 Å². The Labute approximate surface area is 124 Å². The van der Waals surface area contributed by atoms with Gasteiger partial charge in [-0.25, -0.2) is 0 Å². The van der Waals surface area contributed by atoms with Gasteiger partial charge < -0.3 is 4.98 Å². The number of nitrogens with one attached hydrogen (secondary N) is 2. The zero-order valence-electron chi connectivity index (χ0n) is 10.9. The Kier molecular flexibility index (Phi) is 3.22. The molecule has 0 atom stereocenters. The van der Waals surface area contributed by atoms with Crippen LogP contribution in [0.3, 0.4) is 0 Å². The van der Waals surface area contributed by atoms with Crippen LogP contribution in [0.1, 0.15) is 24.6 Å². The summed E-state index contributed by atoms with van der Waals surface area (Å²) in [5.74, 6) is -0.721. The molecule has 102 valence electrons. The van der Waals surface area contributed by atoms with E-state index in [4.69, 9.17) is 0 Å². The highest BCUT2D eigenvalue weighted by atomic mass is 79.9. The van der Waals surface area contributed by atoms with Gasteiger partial charge in [-0.1, -0.05) is 31.5 Å². The lowest BCUT2D eigenvalue weighted by molar-refractivity contribution is -0.123. The van der Waals surface area contributed by atoms with E-state index in [9.17, 15) is 9.59 Å². The molecule has 5 heteroatoms. The van der Waals surface area contributed by atoms with Gasteiger partial charge >= 0.3 is 0 Å². The fourth-order valence-corrected chi connectivity index (χ4v) is 3.06. The average Bonchev–Trinajstić information content (AvgIpc) is 2.89. The summed E-state index contributed by atoms with van der Waals surface area (Å²) in [6.45, 7) is 2.08. The van der Waals surface area contributed by atoms with Crippen molar-refractivity contribution in [2.45, 2.75) is 19.8 Å². The minimum atomic E-state index is -0.377. The van der Waals surface area contributed by atoms with Crippen LogP contribution in [-0.4, -0.2) is 16.8 Å². The first-order valence-corrected chi connectivity index (χ1v) is 7.28. The molecule has 0 aliphatic carbocycles. The Balaban J connectivity index is 2.32. The summed E-state index contributed by atoms with van der Waals surface area (Å²) in [7, 11) is 0. The van der Waals surface area contributed by atoms with Crippen LogP contribution in [0.2, 0.25) is 0 Å². The molecule has 0 bridgehead atoms. The number of aromatic nitrogens is 1. The number of halogens is 1. The summed E-state index contributed by atoms with van der Waals surface area (Å²) in [4.78, 5) is 27.1. The van der Waals surface area contributed by atoms with Crippen LogP contribution < -0.4 is 5.32 Å². The number of benzene rings is 1. The molecule has 20 heavy (non-hydrogen) atoms. The minimum absolute atomic E-state index is 0.310. The smallest absolute Gasteiger partial charge is 0.265 e. The zero-order chi connectivity index (χ0) is 14.3. The summed E-state index contributed by atoms with van der Waals surface area (Å²) < 4.78 is 0.310. The normalized spacial score (nSPS) is 15.3. The second-order valence-electron chi connectivity index (χ2n) is 4.75. The van der Waals surface area contributed by atoms with Gasteiger partial charge in [-0.15, -0.1) is 0 Å². The maximum absolute atomic E-state index is 12.1. The third kappa shape index (κ3) is 1.89. The van der Waals surface area contributed by atoms with E-state index in [2.05, 4.69) is 33.2 Å². The van der Waals surface area contributed by atoms with E-state index in [1.807, 2.05) is 24.3 Å². The fourth-order valence-electron chi connectivity index (χ4n) is 2.58. The molecule has 3 rings (SSSR count). The third-order valence-corrected chi connectivity index (χ3v) is 4.16. The van der Waals surface area contributed by atoms with Crippen molar-refractivity contribution in [2.24, 2.45) is 0 Å². The lowest BCUT2D eigenvalue weighted by atomic mass is 10.0. The SMILES string of the molecule is CCCc1[nH]c2ccccc2c1C1=C(Br)C(=O)NC1=O. The van der Waals surface area contributed by atoms with Crippen LogP contribution >= 0.6 is 15.9 Å². The van der Waals surface area contributed by atoms with E-state index in [0.717, 1.165) is 35.0 Å². The summed E-state index contributed by atoms with van der Waals surface area (Å²) in [6, 6.07) is 7.81. The minimum Gasteiger partial charge on any atom is -0.358 e. The van der Waals surface area contributed by atoms with Gasteiger partial charge in [0.1, 0.15) is 0 Å². The average molecular weight is 333 g/mol. The van der Waals surface area contributed by atoms with Gasteiger partial charge in [0.05, 0.1) is 10.1 Å². The molecule has 0 saturated heterocycles. The highest BCUT2D eigenvalue weighted by molar-refractivity contribution is 9.12. The standard InChI is InChI=1S/C15H13BrN2O2/c1-2-5-10-11(8-6-3-4-7-9(8)17-10)12-13(16)15(20)18-14(12)19/h3-4,6-7,17H,2,5H2,1H3,(H,18,19,20). The Morgan fingerprint density at radius 3 is 2.55 bits per heavy atom. The molecule has 0 radical (unpaired) electrons. The maximum atomic E-state index is 12.1. The first kappa shape index (κ1) is 13.1. The number of aryl methyl sites for hydroxylation is 1. The van der Waals surface area contributed by atoms with Crippen molar-refractivity contribution in [3.63, 3.8) is 0 Å². The lowest BCUT2D eigenvalue weighted by Gasteiger charge is -2.04. The number of aromatic amines is 1.